The molecule has 0 aliphatic heterocycles. The van der Waals surface area contributed by atoms with E-state index in [0.717, 1.165) is 12.0 Å². The summed E-state index contributed by atoms with van der Waals surface area (Å²) >= 11 is 1.32. The van der Waals surface area contributed by atoms with Gasteiger partial charge in [0.05, 0.1) is 4.88 Å². The van der Waals surface area contributed by atoms with Gasteiger partial charge in [-0.15, -0.1) is 11.3 Å². The van der Waals surface area contributed by atoms with E-state index in [2.05, 4.69) is 0 Å². The maximum atomic E-state index is 13.4. The average molecular weight is 320 g/mol. The van der Waals surface area contributed by atoms with Gasteiger partial charge in [0.1, 0.15) is 11.9 Å². The van der Waals surface area contributed by atoms with Gasteiger partial charge in [-0.05, 0) is 41.1 Å². The van der Waals surface area contributed by atoms with Gasteiger partial charge in [-0.2, -0.15) is 0 Å². The van der Waals surface area contributed by atoms with E-state index in [1.165, 1.54) is 41.5 Å². The second-order valence-electron chi connectivity index (χ2n) is 4.90. The van der Waals surface area contributed by atoms with Crippen molar-refractivity contribution >= 4 is 23.2 Å². The molecule has 0 radical (unpaired) electrons. The molecule has 0 saturated heterocycles. The predicted molar refractivity (Wildman–Crippen MR) is 84.1 cm³/mol. The third-order valence-corrected chi connectivity index (χ3v) is 4.41. The third-order valence-electron chi connectivity index (χ3n) is 3.46. The predicted octanol–water partition coefficient (Wildman–Crippen LogP) is 2.75. The Kier molecular flexibility index (Phi) is 4.92. The summed E-state index contributed by atoms with van der Waals surface area (Å²) in [6, 6.07) is 6.44. The highest BCUT2D eigenvalue weighted by atomic mass is 32.1. The Morgan fingerprint density at radius 1 is 1.36 bits per heavy atom. The molecule has 0 saturated carbocycles. The second-order valence-corrected chi connectivity index (χ2v) is 5.82. The van der Waals surface area contributed by atoms with Gasteiger partial charge in [0.25, 0.3) is 5.91 Å². The second kappa shape index (κ2) is 6.70. The van der Waals surface area contributed by atoms with Crippen LogP contribution in [-0.4, -0.2) is 23.8 Å². The fraction of sp³-hybridized carbons (Fsp3) is 0.250. The quantitative estimate of drug-likeness (QED) is 0.920. The zero-order valence-electron chi connectivity index (χ0n) is 12.4. The van der Waals surface area contributed by atoms with E-state index < -0.39 is 17.8 Å². The lowest BCUT2D eigenvalue weighted by molar-refractivity contribution is -0.122. The summed E-state index contributed by atoms with van der Waals surface area (Å²) in [7, 11) is 1.50. The Labute approximate surface area is 132 Å². The van der Waals surface area contributed by atoms with Crippen LogP contribution in [0.15, 0.2) is 35.7 Å². The molecule has 2 aromatic rings. The van der Waals surface area contributed by atoms with E-state index in [1.54, 1.807) is 6.07 Å². The Morgan fingerprint density at radius 2 is 2.09 bits per heavy atom. The SMILES string of the molecule is CCc1ccsc1C(=O)N(C)[C@@H](C(N)=O)c1cccc(F)c1. The van der Waals surface area contributed by atoms with Crippen molar-refractivity contribution in [2.45, 2.75) is 19.4 Å². The number of thiophene rings is 1. The number of rotatable bonds is 5. The van der Waals surface area contributed by atoms with Crippen LogP contribution in [0.5, 0.6) is 0 Å². The average Bonchev–Trinajstić information content (AvgIpc) is 2.94. The fourth-order valence-corrected chi connectivity index (χ4v) is 3.31. The number of nitrogens with two attached hydrogens (primary N) is 1. The number of halogens is 1. The molecule has 2 N–H and O–H groups in total. The van der Waals surface area contributed by atoms with Crippen LogP contribution in [0.1, 0.15) is 33.8 Å². The first-order valence-corrected chi connectivity index (χ1v) is 7.72. The third kappa shape index (κ3) is 3.17. The molecule has 4 nitrogen and oxygen atoms in total. The molecule has 2 rings (SSSR count). The smallest absolute Gasteiger partial charge is 0.264 e. The molecular formula is C16H17FN2O2S. The van der Waals surface area contributed by atoms with Crippen molar-refractivity contribution in [3.05, 3.63) is 57.5 Å². The summed E-state index contributed by atoms with van der Waals surface area (Å²) in [4.78, 5) is 26.3. The van der Waals surface area contributed by atoms with Crippen LogP contribution in [0, 0.1) is 5.82 Å². The first kappa shape index (κ1) is 16.2. The van der Waals surface area contributed by atoms with Crippen molar-refractivity contribution in [2.24, 2.45) is 5.73 Å². The van der Waals surface area contributed by atoms with E-state index in [0.29, 0.717) is 10.4 Å². The highest BCUT2D eigenvalue weighted by Gasteiger charge is 2.29. The monoisotopic (exact) mass is 320 g/mol. The number of nitrogens with zero attached hydrogens (tertiary/aromatic N) is 1. The molecule has 0 unspecified atom stereocenters. The van der Waals surface area contributed by atoms with Crippen molar-refractivity contribution in [3.8, 4) is 0 Å². The normalized spacial score (nSPS) is 12.0. The van der Waals surface area contributed by atoms with Gasteiger partial charge in [-0.3, -0.25) is 9.59 Å². The molecule has 0 aliphatic rings. The van der Waals surface area contributed by atoms with Crippen LogP contribution >= 0.6 is 11.3 Å². The molecule has 0 fully saturated rings. The summed E-state index contributed by atoms with van der Waals surface area (Å²) in [5, 5.41) is 1.83. The highest BCUT2D eigenvalue weighted by molar-refractivity contribution is 7.12. The first-order chi connectivity index (χ1) is 10.5. The zero-order chi connectivity index (χ0) is 16.3. The molecular weight excluding hydrogens is 303 g/mol. The van der Waals surface area contributed by atoms with E-state index in [9.17, 15) is 14.0 Å². The number of likely N-dealkylation sites (N-methyl/N-ethyl adjacent to an activating group) is 1. The number of primary amides is 1. The van der Waals surface area contributed by atoms with Crippen molar-refractivity contribution in [1.29, 1.82) is 0 Å². The Hall–Kier alpha value is -2.21. The Morgan fingerprint density at radius 3 is 2.68 bits per heavy atom. The van der Waals surface area contributed by atoms with Crippen molar-refractivity contribution in [1.82, 2.24) is 4.90 Å². The Bertz CT molecular complexity index is 699. The summed E-state index contributed by atoms with van der Waals surface area (Å²) in [6.07, 6.45) is 0.722. The minimum atomic E-state index is -1.00. The summed E-state index contributed by atoms with van der Waals surface area (Å²) in [5.41, 5.74) is 6.71. The molecule has 22 heavy (non-hydrogen) atoms. The number of carbonyl (C=O) groups excluding carboxylic acids is 2. The van der Waals surface area contributed by atoms with Crippen LogP contribution in [0.25, 0.3) is 0 Å². The van der Waals surface area contributed by atoms with Crippen molar-refractivity contribution < 1.29 is 14.0 Å². The van der Waals surface area contributed by atoms with Gasteiger partial charge in [0.2, 0.25) is 5.91 Å². The minimum Gasteiger partial charge on any atom is -0.368 e. The van der Waals surface area contributed by atoms with E-state index in [1.807, 2.05) is 18.4 Å². The number of aryl methyl sites for hydroxylation is 1. The van der Waals surface area contributed by atoms with Crippen LogP contribution in [0.2, 0.25) is 0 Å². The van der Waals surface area contributed by atoms with Gasteiger partial charge in [0.15, 0.2) is 0 Å². The van der Waals surface area contributed by atoms with Crippen LogP contribution in [0.3, 0.4) is 0 Å². The van der Waals surface area contributed by atoms with Crippen LogP contribution in [0.4, 0.5) is 4.39 Å². The molecule has 6 heteroatoms. The van der Waals surface area contributed by atoms with E-state index in [-0.39, 0.29) is 5.91 Å². The zero-order valence-corrected chi connectivity index (χ0v) is 13.2. The largest absolute Gasteiger partial charge is 0.368 e. The molecule has 0 aliphatic carbocycles. The van der Waals surface area contributed by atoms with Crippen LogP contribution < -0.4 is 5.73 Å². The number of carbonyl (C=O) groups is 2. The topological polar surface area (TPSA) is 63.4 Å². The maximum absolute atomic E-state index is 13.4. The minimum absolute atomic E-state index is 0.292. The molecule has 1 aromatic heterocycles. The number of hydrogen-bond acceptors (Lipinski definition) is 3. The molecule has 116 valence electrons. The van der Waals surface area contributed by atoms with Crippen LogP contribution in [-0.2, 0) is 11.2 Å². The lowest BCUT2D eigenvalue weighted by atomic mass is 10.0. The molecule has 0 bridgehead atoms. The van der Waals surface area contributed by atoms with Crippen molar-refractivity contribution in [2.75, 3.05) is 7.05 Å². The summed E-state index contributed by atoms with van der Waals surface area (Å²) in [5.74, 6) is -1.47. The van der Waals surface area contributed by atoms with Crippen molar-refractivity contribution in [3.63, 3.8) is 0 Å². The van der Waals surface area contributed by atoms with E-state index >= 15 is 0 Å². The Balaban J connectivity index is 2.37. The maximum Gasteiger partial charge on any atom is 0.264 e. The highest BCUT2D eigenvalue weighted by Crippen LogP contribution is 2.25. The number of hydrogen-bond donors (Lipinski definition) is 1. The number of amides is 2. The van der Waals surface area contributed by atoms with Gasteiger partial charge in [-0.25, -0.2) is 4.39 Å². The first-order valence-electron chi connectivity index (χ1n) is 6.84. The van der Waals surface area contributed by atoms with Gasteiger partial charge >= 0.3 is 0 Å². The fourth-order valence-electron chi connectivity index (χ4n) is 2.33. The van der Waals surface area contributed by atoms with E-state index in [4.69, 9.17) is 5.73 Å². The lowest BCUT2D eigenvalue weighted by Gasteiger charge is -2.26. The summed E-state index contributed by atoms with van der Waals surface area (Å²) in [6.45, 7) is 1.96. The molecule has 1 aromatic carbocycles. The molecule has 2 amide bonds. The van der Waals surface area contributed by atoms with Gasteiger partial charge in [0, 0.05) is 7.05 Å². The molecule has 1 heterocycles. The van der Waals surface area contributed by atoms with Gasteiger partial charge in [-0.1, -0.05) is 19.1 Å². The number of benzene rings is 1. The standard InChI is InChI=1S/C16H17FN2O2S/c1-3-10-7-8-22-14(10)16(21)19(2)13(15(18)20)11-5-4-6-12(17)9-11/h4-9,13H,3H2,1-2H3,(H2,18,20)/t13-/m1/s1. The molecule has 0 spiro atoms. The van der Waals surface area contributed by atoms with Gasteiger partial charge < -0.3 is 10.6 Å². The summed E-state index contributed by atoms with van der Waals surface area (Å²) < 4.78 is 13.4. The lowest BCUT2D eigenvalue weighted by Crippen LogP contribution is -2.39. The molecule has 1 atom stereocenters.